The van der Waals surface area contributed by atoms with Crippen LogP contribution in [0.5, 0.6) is 5.75 Å². The number of rotatable bonds is 5. The normalized spacial score (nSPS) is 17.1. The van der Waals surface area contributed by atoms with E-state index >= 15 is 0 Å². The number of ether oxygens (including phenoxy) is 1. The summed E-state index contributed by atoms with van der Waals surface area (Å²) in [5, 5.41) is 9.44. The van der Waals surface area contributed by atoms with Crippen LogP contribution >= 0.6 is 0 Å². The van der Waals surface area contributed by atoms with Crippen LogP contribution in [0, 0.1) is 0 Å². The molecule has 0 N–H and O–H groups in total. The van der Waals surface area contributed by atoms with E-state index < -0.39 is 0 Å². The third kappa shape index (κ3) is 3.66. The molecule has 1 atom stereocenters. The Bertz CT molecular complexity index is 1130. The van der Waals surface area contributed by atoms with Crippen molar-refractivity contribution in [1.82, 2.24) is 30.0 Å². The van der Waals surface area contributed by atoms with Crippen LogP contribution in [0.15, 0.2) is 53.3 Å². The minimum absolute atomic E-state index is 0.220. The van der Waals surface area contributed by atoms with E-state index in [0.717, 1.165) is 48.4 Å². The number of benzene rings is 1. The van der Waals surface area contributed by atoms with Gasteiger partial charge in [0.25, 0.3) is 5.89 Å². The molecule has 4 heterocycles. The number of likely N-dealkylation sites (tertiary alicyclic amines) is 1. The van der Waals surface area contributed by atoms with Crippen LogP contribution in [0.1, 0.15) is 23.9 Å². The fraction of sp³-hybridized carbons (Fsp3) is 0.286. The van der Waals surface area contributed by atoms with E-state index in [1.807, 2.05) is 18.2 Å². The fourth-order valence-electron chi connectivity index (χ4n) is 3.68. The topological polar surface area (TPSA) is 90.1 Å². The number of methoxy groups -OCH3 is 1. The van der Waals surface area contributed by atoms with Crippen LogP contribution in [0.4, 0.5) is 0 Å². The molecule has 1 unspecified atom stereocenters. The second-order valence-electron chi connectivity index (χ2n) is 7.12. The van der Waals surface area contributed by atoms with Crippen molar-refractivity contribution in [3.63, 3.8) is 0 Å². The lowest BCUT2D eigenvalue weighted by Crippen LogP contribution is -2.20. The number of nitrogens with zero attached hydrogens (tertiary/aromatic N) is 6. The summed E-state index contributed by atoms with van der Waals surface area (Å²) in [6.45, 7) is 2.63. The van der Waals surface area contributed by atoms with Crippen molar-refractivity contribution in [2.75, 3.05) is 20.2 Å². The van der Waals surface area contributed by atoms with Crippen molar-refractivity contribution in [1.29, 1.82) is 0 Å². The van der Waals surface area contributed by atoms with E-state index in [9.17, 15) is 0 Å². The van der Waals surface area contributed by atoms with E-state index in [-0.39, 0.29) is 5.92 Å². The predicted molar refractivity (Wildman–Crippen MR) is 106 cm³/mol. The number of hydrogen-bond donors (Lipinski definition) is 0. The summed E-state index contributed by atoms with van der Waals surface area (Å²) in [4.78, 5) is 15.4. The van der Waals surface area contributed by atoms with Crippen LogP contribution < -0.4 is 4.74 Å². The van der Waals surface area contributed by atoms with Gasteiger partial charge in [0.2, 0.25) is 5.89 Å². The maximum Gasteiger partial charge on any atom is 0.267 e. The lowest BCUT2D eigenvalue weighted by molar-refractivity contribution is 0.317. The maximum atomic E-state index is 5.85. The molecule has 5 rings (SSSR count). The average Bonchev–Trinajstić information content (AvgIpc) is 3.44. The molecule has 0 amide bonds. The van der Waals surface area contributed by atoms with Gasteiger partial charge in [0.15, 0.2) is 0 Å². The Balaban J connectivity index is 1.27. The van der Waals surface area contributed by atoms with Gasteiger partial charge in [-0.05, 0) is 37.2 Å². The van der Waals surface area contributed by atoms with Gasteiger partial charge in [-0.2, -0.15) is 0 Å². The SMILES string of the molecule is COc1ccc2nc(CN3CCC(c4nnc(-c5cnccn5)o4)C3)ccc2c1. The van der Waals surface area contributed by atoms with Crippen molar-refractivity contribution in [2.45, 2.75) is 18.9 Å². The first-order valence-corrected chi connectivity index (χ1v) is 9.54. The summed E-state index contributed by atoms with van der Waals surface area (Å²) in [6, 6.07) is 10.1. The molecule has 0 aliphatic carbocycles. The average molecular weight is 388 g/mol. The lowest BCUT2D eigenvalue weighted by Gasteiger charge is -2.15. The van der Waals surface area contributed by atoms with Crippen LogP contribution in [0.25, 0.3) is 22.5 Å². The van der Waals surface area contributed by atoms with Gasteiger partial charge in [0.05, 0.1) is 30.4 Å². The first-order chi connectivity index (χ1) is 14.3. The number of aromatic nitrogens is 5. The zero-order chi connectivity index (χ0) is 19.6. The second kappa shape index (κ2) is 7.56. The van der Waals surface area contributed by atoms with E-state index in [1.54, 1.807) is 25.7 Å². The number of hydrogen-bond acceptors (Lipinski definition) is 8. The van der Waals surface area contributed by atoms with Crippen LogP contribution in [0.2, 0.25) is 0 Å². The quantitative estimate of drug-likeness (QED) is 0.515. The number of fused-ring (bicyclic) bond motifs is 1. The summed E-state index contributed by atoms with van der Waals surface area (Å²) in [5.41, 5.74) is 2.62. The standard InChI is InChI=1S/C21H20N6O2/c1-28-17-4-5-18-14(10-17)2-3-16(24-18)13-27-9-6-15(12-27)20-25-26-21(29-20)19-11-22-7-8-23-19/h2-5,7-8,10-11,15H,6,9,12-13H2,1H3. The van der Waals surface area contributed by atoms with E-state index in [1.165, 1.54) is 0 Å². The van der Waals surface area contributed by atoms with Gasteiger partial charge in [-0.1, -0.05) is 6.07 Å². The highest BCUT2D eigenvalue weighted by atomic mass is 16.5. The zero-order valence-corrected chi connectivity index (χ0v) is 16.0. The van der Waals surface area contributed by atoms with Crippen molar-refractivity contribution < 1.29 is 9.15 Å². The van der Waals surface area contributed by atoms with Crippen LogP contribution in [-0.2, 0) is 6.54 Å². The van der Waals surface area contributed by atoms with Gasteiger partial charge in [0, 0.05) is 30.9 Å². The highest BCUT2D eigenvalue weighted by molar-refractivity contribution is 5.80. The molecule has 1 saturated heterocycles. The molecular formula is C21H20N6O2. The molecule has 29 heavy (non-hydrogen) atoms. The molecule has 0 spiro atoms. The molecule has 0 bridgehead atoms. The van der Waals surface area contributed by atoms with Crippen LogP contribution in [0.3, 0.4) is 0 Å². The largest absolute Gasteiger partial charge is 0.497 e. The third-order valence-electron chi connectivity index (χ3n) is 5.18. The summed E-state index contributed by atoms with van der Waals surface area (Å²) in [7, 11) is 1.67. The Hall–Kier alpha value is -3.39. The van der Waals surface area contributed by atoms with Gasteiger partial charge in [-0.25, -0.2) is 4.98 Å². The minimum atomic E-state index is 0.220. The summed E-state index contributed by atoms with van der Waals surface area (Å²) in [5.74, 6) is 2.14. The van der Waals surface area contributed by atoms with E-state index in [2.05, 4.69) is 37.2 Å². The minimum Gasteiger partial charge on any atom is -0.497 e. The van der Waals surface area contributed by atoms with Crippen molar-refractivity contribution in [2.24, 2.45) is 0 Å². The molecule has 8 nitrogen and oxygen atoms in total. The summed E-state index contributed by atoms with van der Waals surface area (Å²) >= 11 is 0. The third-order valence-corrected chi connectivity index (χ3v) is 5.18. The molecule has 8 heteroatoms. The molecule has 0 saturated carbocycles. The summed E-state index contributed by atoms with van der Waals surface area (Å²) < 4.78 is 11.1. The van der Waals surface area contributed by atoms with Gasteiger partial charge in [-0.15, -0.1) is 10.2 Å². The van der Waals surface area contributed by atoms with Crippen molar-refractivity contribution in [3.05, 3.63) is 60.5 Å². The molecular weight excluding hydrogens is 368 g/mol. The highest BCUT2D eigenvalue weighted by Crippen LogP contribution is 2.29. The zero-order valence-electron chi connectivity index (χ0n) is 16.0. The Labute approximate surface area is 167 Å². The number of pyridine rings is 1. The smallest absolute Gasteiger partial charge is 0.267 e. The van der Waals surface area contributed by atoms with Gasteiger partial charge in [0.1, 0.15) is 11.4 Å². The molecule has 1 fully saturated rings. The van der Waals surface area contributed by atoms with Gasteiger partial charge >= 0.3 is 0 Å². The predicted octanol–water partition coefficient (Wildman–Crippen LogP) is 3.07. The Morgan fingerprint density at radius 2 is 2.14 bits per heavy atom. The van der Waals surface area contributed by atoms with E-state index in [0.29, 0.717) is 17.5 Å². The van der Waals surface area contributed by atoms with Gasteiger partial charge < -0.3 is 9.15 Å². The van der Waals surface area contributed by atoms with Crippen LogP contribution in [-0.4, -0.2) is 50.2 Å². The molecule has 4 aromatic rings. The maximum absolute atomic E-state index is 5.85. The Morgan fingerprint density at radius 3 is 3.00 bits per heavy atom. The molecule has 1 aliphatic heterocycles. The first kappa shape index (κ1) is 17.7. The Morgan fingerprint density at radius 1 is 1.17 bits per heavy atom. The monoisotopic (exact) mass is 388 g/mol. The fourth-order valence-corrected chi connectivity index (χ4v) is 3.68. The van der Waals surface area contributed by atoms with Crippen molar-refractivity contribution >= 4 is 10.9 Å². The molecule has 1 aliphatic rings. The van der Waals surface area contributed by atoms with E-state index in [4.69, 9.17) is 14.1 Å². The molecule has 3 aromatic heterocycles. The molecule has 146 valence electrons. The Kier molecular flexibility index (Phi) is 4.61. The highest BCUT2D eigenvalue weighted by Gasteiger charge is 2.28. The first-order valence-electron chi connectivity index (χ1n) is 9.54. The second-order valence-corrected chi connectivity index (χ2v) is 7.12. The molecule has 0 radical (unpaired) electrons. The van der Waals surface area contributed by atoms with Crippen molar-refractivity contribution in [3.8, 4) is 17.3 Å². The summed E-state index contributed by atoms with van der Waals surface area (Å²) in [6.07, 6.45) is 5.84. The van der Waals surface area contributed by atoms with Gasteiger partial charge in [-0.3, -0.25) is 14.9 Å². The lowest BCUT2D eigenvalue weighted by atomic mass is 10.1. The molecule has 1 aromatic carbocycles.